The van der Waals surface area contributed by atoms with Gasteiger partial charge in [-0.25, -0.2) is 0 Å². The Morgan fingerprint density at radius 1 is 0.378 bits per heavy atom. The van der Waals surface area contributed by atoms with Crippen molar-refractivity contribution in [1.29, 1.82) is 0 Å². The fourth-order valence-corrected chi connectivity index (χ4v) is 13.4. The number of piperidine rings is 3. The van der Waals surface area contributed by atoms with E-state index in [9.17, 15) is 14.4 Å². The molecule has 21 heteroatoms. The number of carbonyl (C=O) groups excluding carboxylic acids is 3. The third kappa shape index (κ3) is 19.4. The van der Waals surface area contributed by atoms with Crippen LogP contribution < -0.4 is 28.9 Å². The Morgan fingerprint density at radius 3 is 0.900 bits per heavy atom. The molecular weight excluding hydrogens is 1140 g/mol. The van der Waals surface area contributed by atoms with E-state index in [2.05, 4.69) is 141 Å². The van der Waals surface area contributed by atoms with E-state index >= 15 is 0 Å². The Bertz CT molecular complexity index is 2580. The Labute approximate surface area is 535 Å². The van der Waals surface area contributed by atoms with E-state index in [4.69, 9.17) is 28.7 Å². The van der Waals surface area contributed by atoms with Crippen molar-refractivity contribution in [2.24, 2.45) is 15.5 Å². The predicted molar refractivity (Wildman–Crippen MR) is 355 cm³/mol. The van der Waals surface area contributed by atoms with E-state index in [1.54, 1.807) is 0 Å². The van der Waals surface area contributed by atoms with Crippen molar-refractivity contribution in [1.82, 2.24) is 29.4 Å². The average molecular weight is 1240 g/mol. The molecule has 492 valence electrons. The van der Waals surface area contributed by atoms with Crippen molar-refractivity contribution >= 4 is 51.9 Å². The summed E-state index contributed by atoms with van der Waals surface area (Å²) in [5.74, 6) is 3.65. The topological polar surface area (TPSA) is 173 Å². The number of nitrogens with zero attached hydrogens (tertiary/aromatic N) is 12. The van der Waals surface area contributed by atoms with Gasteiger partial charge in [-0.15, -0.1) is 0 Å². The summed E-state index contributed by atoms with van der Waals surface area (Å²) >= 11 is 0. The number of para-hydroxylation sites is 6. The molecule has 9 aliphatic rings. The highest BCUT2D eigenvalue weighted by molar-refractivity contribution is 5.92. The molecule has 0 spiro atoms. The van der Waals surface area contributed by atoms with E-state index in [0.717, 1.165) is 210 Å². The molecule has 1 unspecified atom stereocenters. The maximum atomic E-state index is 12.0. The third-order valence-corrected chi connectivity index (χ3v) is 18.0. The number of likely N-dealkylation sites (tertiary alicyclic amines) is 3. The standard InChI is InChI=1S/3C23H34N4O3/c3*1-18(2)29-22-8-4-3-7-21(22)26-13-11-25(12-14-26)17-20-15-19(24-30-20)16-27-10-6-5-9-23(27)28/h3*3-4,7-8,18,20H,5-6,9-17H2,1-2H3/t2*20-;/m10./s1. The van der Waals surface area contributed by atoms with Crippen LogP contribution in [0.2, 0.25) is 0 Å². The van der Waals surface area contributed by atoms with Gasteiger partial charge in [-0.05, 0) is 116 Å². The second-order valence-electron chi connectivity index (χ2n) is 26.4. The number of rotatable bonds is 21. The number of carbonyl (C=O) groups is 3. The van der Waals surface area contributed by atoms with Gasteiger partial charge in [-0.2, -0.15) is 0 Å². The SMILES string of the molecule is CC(C)Oc1ccccc1N1CCN(CC2CC(CN3CCCCC3=O)=NO2)CC1.CC(C)Oc1ccccc1N1CCN(C[C@@H]2CC(CN3CCCCC3=O)=NO2)CC1.CC(C)Oc1ccccc1N1CCN(C[C@H]2CC(CN3CCCCC3=O)=NO2)CC1. The lowest BCUT2D eigenvalue weighted by atomic mass is 10.1. The molecule has 12 rings (SSSR count). The molecule has 0 aromatic heterocycles. The van der Waals surface area contributed by atoms with Gasteiger partial charge in [0.2, 0.25) is 17.7 Å². The smallest absolute Gasteiger partial charge is 0.222 e. The van der Waals surface area contributed by atoms with Crippen LogP contribution in [0.15, 0.2) is 88.3 Å². The van der Waals surface area contributed by atoms with Crippen LogP contribution in [0, 0.1) is 0 Å². The zero-order valence-electron chi connectivity index (χ0n) is 54.8. The normalized spacial score (nSPS) is 23.0. The summed E-state index contributed by atoms with van der Waals surface area (Å²) < 4.78 is 18.0. The molecule has 6 saturated heterocycles. The first kappa shape index (κ1) is 66.1. The van der Waals surface area contributed by atoms with Crippen molar-refractivity contribution in [3.8, 4) is 17.2 Å². The molecule has 0 bridgehead atoms. The number of anilines is 3. The number of hydrogen-bond acceptors (Lipinski definition) is 18. The van der Waals surface area contributed by atoms with Crippen molar-refractivity contribution in [3.63, 3.8) is 0 Å². The fourth-order valence-electron chi connectivity index (χ4n) is 13.4. The van der Waals surface area contributed by atoms with Crippen LogP contribution in [0.4, 0.5) is 17.1 Å². The Morgan fingerprint density at radius 2 is 0.644 bits per heavy atom. The van der Waals surface area contributed by atoms with Gasteiger partial charge < -0.3 is 58.1 Å². The summed E-state index contributed by atoms with van der Waals surface area (Å²) in [5, 5.41) is 12.8. The molecule has 9 aliphatic heterocycles. The maximum absolute atomic E-state index is 12.0. The van der Waals surface area contributed by atoms with Gasteiger partial charge in [-0.3, -0.25) is 29.1 Å². The molecule has 3 aromatic carbocycles. The van der Waals surface area contributed by atoms with Crippen LogP contribution in [0.1, 0.15) is 119 Å². The molecule has 21 nitrogen and oxygen atoms in total. The summed E-state index contributed by atoms with van der Waals surface area (Å²) in [7, 11) is 0. The van der Waals surface area contributed by atoms with E-state index in [1.807, 2.05) is 32.9 Å². The van der Waals surface area contributed by atoms with Crippen LogP contribution in [0.3, 0.4) is 0 Å². The fraction of sp³-hybridized carbons (Fsp3) is 0.652. The molecular formula is C69H102N12O9. The Kier molecular flexibility index (Phi) is 24.2. The average Bonchev–Trinajstić information content (AvgIpc) is 1.53. The largest absolute Gasteiger partial charge is 0.489 e. The van der Waals surface area contributed by atoms with Crippen molar-refractivity contribution in [3.05, 3.63) is 72.8 Å². The van der Waals surface area contributed by atoms with Crippen molar-refractivity contribution < 1.29 is 43.1 Å². The van der Waals surface area contributed by atoms with Crippen LogP contribution in [0.5, 0.6) is 17.2 Å². The van der Waals surface area contributed by atoms with Crippen molar-refractivity contribution in [2.45, 2.75) is 155 Å². The minimum Gasteiger partial charge on any atom is -0.489 e. The minimum atomic E-state index is 0.100. The van der Waals surface area contributed by atoms with Crippen LogP contribution in [-0.4, -0.2) is 238 Å². The predicted octanol–water partition coefficient (Wildman–Crippen LogP) is 8.26. The van der Waals surface area contributed by atoms with E-state index < -0.39 is 0 Å². The second kappa shape index (κ2) is 32.9. The van der Waals surface area contributed by atoms with Gasteiger partial charge in [0.1, 0.15) is 35.6 Å². The highest BCUT2D eigenvalue weighted by atomic mass is 16.7. The molecule has 3 amide bonds. The summed E-state index contributed by atoms with van der Waals surface area (Å²) in [6.45, 7) is 31.3. The summed E-state index contributed by atoms with van der Waals surface area (Å²) in [6, 6.07) is 24.9. The zero-order valence-corrected chi connectivity index (χ0v) is 54.8. The quantitative estimate of drug-likeness (QED) is 0.0997. The van der Waals surface area contributed by atoms with E-state index in [-0.39, 0.29) is 54.3 Å². The summed E-state index contributed by atoms with van der Waals surface area (Å²) in [4.78, 5) is 73.5. The van der Waals surface area contributed by atoms with Crippen LogP contribution >= 0.6 is 0 Å². The second-order valence-corrected chi connectivity index (χ2v) is 26.4. The third-order valence-electron chi connectivity index (χ3n) is 18.0. The molecule has 0 saturated carbocycles. The van der Waals surface area contributed by atoms with Gasteiger partial charge in [0.05, 0.1) is 72.1 Å². The summed E-state index contributed by atoms with van der Waals surface area (Å²) in [5.41, 5.74) is 6.57. The van der Waals surface area contributed by atoms with Crippen molar-refractivity contribution in [2.75, 3.05) is 152 Å². The molecule has 3 atom stereocenters. The molecule has 90 heavy (non-hydrogen) atoms. The van der Waals surface area contributed by atoms with Gasteiger partial charge in [0.25, 0.3) is 0 Å². The number of amides is 3. The number of ether oxygens (including phenoxy) is 3. The van der Waals surface area contributed by atoms with Gasteiger partial charge in [-0.1, -0.05) is 51.9 Å². The minimum absolute atomic E-state index is 0.100. The zero-order chi connectivity index (χ0) is 62.8. The van der Waals surface area contributed by atoms with Crippen LogP contribution in [0.25, 0.3) is 0 Å². The number of hydrogen-bond donors (Lipinski definition) is 0. The molecule has 3 aromatic rings. The Balaban J connectivity index is 0.000000148. The first-order valence-electron chi connectivity index (χ1n) is 33.9. The monoisotopic (exact) mass is 1240 g/mol. The lowest BCUT2D eigenvalue weighted by Gasteiger charge is -2.37. The molecule has 0 N–H and O–H groups in total. The molecule has 0 aliphatic carbocycles. The highest BCUT2D eigenvalue weighted by Crippen LogP contribution is 2.33. The van der Waals surface area contributed by atoms with E-state index in [0.29, 0.717) is 38.9 Å². The summed E-state index contributed by atoms with van der Waals surface area (Å²) in [6.07, 6.45) is 11.6. The highest BCUT2D eigenvalue weighted by Gasteiger charge is 2.33. The molecule has 6 fully saturated rings. The first-order valence-corrected chi connectivity index (χ1v) is 33.9. The van der Waals surface area contributed by atoms with Gasteiger partial charge in [0.15, 0.2) is 0 Å². The van der Waals surface area contributed by atoms with Crippen LogP contribution in [-0.2, 0) is 28.9 Å². The lowest BCUT2D eigenvalue weighted by molar-refractivity contribution is -0.133. The molecule has 9 heterocycles. The van der Waals surface area contributed by atoms with Gasteiger partial charge >= 0.3 is 0 Å². The molecule has 0 radical (unpaired) electrons. The number of piperazine rings is 3. The van der Waals surface area contributed by atoms with Gasteiger partial charge in [0, 0.05) is 156 Å². The lowest BCUT2D eigenvalue weighted by Crippen LogP contribution is -2.48. The Hall–Kier alpha value is -6.84. The first-order chi connectivity index (χ1) is 43.7. The maximum Gasteiger partial charge on any atom is 0.222 e. The number of benzene rings is 3. The number of oxime groups is 3. The van der Waals surface area contributed by atoms with E-state index in [1.165, 1.54) is 17.1 Å².